The lowest BCUT2D eigenvalue weighted by atomic mass is 10.1. The number of carbonyl (C=O) groups excluding carboxylic acids is 1. The monoisotopic (exact) mass is 207 g/mol. The Balaban J connectivity index is 2.15. The van der Waals surface area contributed by atoms with Crippen LogP contribution >= 0.6 is 0 Å². The van der Waals surface area contributed by atoms with Gasteiger partial charge in [-0.2, -0.15) is 0 Å². The molecule has 4 heteroatoms. The number of hydrogen-bond donors (Lipinski definition) is 1. The zero-order valence-corrected chi connectivity index (χ0v) is 8.58. The second kappa shape index (κ2) is 4.21. The van der Waals surface area contributed by atoms with Crippen LogP contribution in [0.15, 0.2) is 18.2 Å². The Morgan fingerprint density at radius 1 is 1.60 bits per heavy atom. The number of ether oxygens (including phenoxy) is 2. The number of benzene rings is 1. The molecule has 0 bridgehead atoms. The van der Waals surface area contributed by atoms with Crippen molar-refractivity contribution in [3.63, 3.8) is 0 Å². The minimum Gasteiger partial charge on any atom is -0.491 e. The molecule has 1 amide bonds. The molecule has 80 valence electrons. The number of rotatable bonds is 2. The van der Waals surface area contributed by atoms with Crippen molar-refractivity contribution in [3.05, 3.63) is 23.8 Å². The minimum atomic E-state index is -0.443. The first-order valence-electron chi connectivity index (χ1n) is 4.99. The first kappa shape index (κ1) is 9.83. The van der Waals surface area contributed by atoms with Crippen LogP contribution in [0.25, 0.3) is 0 Å². The van der Waals surface area contributed by atoms with E-state index in [4.69, 9.17) is 9.47 Å². The number of fused-ring (bicyclic) bond motifs is 1. The summed E-state index contributed by atoms with van der Waals surface area (Å²) in [6.45, 7) is 2.81. The Kier molecular flexibility index (Phi) is 2.76. The Hall–Kier alpha value is -1.71. The van der Waals surface area contributed by atoms with Gasteiger partial charge in [0.05, 0.1) is 18.9 Å². The number of anilines is 1. The maximum absolute atomic E-state index is 11.2. The van der Waals surface area contributed by atoms with Crippen LogP contribution in [0.2, 0.25) is 0 Å². The van der Waals surface area contributed by atoms with Crippen LogP contribution < -0.4 is 10.1 Å². The Labute approximate surface area is 88.2 Å². The summed E-state index contributed by atoms with van der Waals surface area (Å²) in [4.78, 5) is 11.2. The van der Waals surface area contributed by atoms with Crippen molar-refractivity contribution < 1.29 is 14.3 Å². The van der Waals surface area contributed by atoms with Crippen LogP contribution in [0.1, 0.15) is 12.5 Å². The summed E-state index contributed by atoms with van der Waals surface area (Å²) >= 11 is 0. The highest BCUT2D eigenvalue weighted by Crippen LogP contribution is 2.33. The highest BCUT2D eigenvalue weighted by Gasteiger charge is 2.17. The van der Waals surface area contributed by atoms with E-state index < -0.39 is 6.09 Å². The van der Waals surface area contributed by atoms with Crippen molar-refractivity contribution in [2.24, 2.45) is 0 Å². The summed E-state index contributed by atoms with van der Waals surface area (Å²) in [6.07, 6.45) is 0.453. The summed E-state index contributed by atoms with van der Waals surface area (Å²) in [5.74, 6) is 0.769. The van der Waals surface area contributed by atoms with Crippen LogP contribution in [0.5, 0.6) is 5.75 Å². The van der Waals surface area contributed by atoms with Gasteiger partial charge >= 0.3 is 6.09 Å². The molecule has 0 saturated carbocycles. The number of carbonyl (C=O) groups is 1. The van der Waals surface area contributed by atoms with E-state index in [1.54, 1.807) is 13.0 Å². The third-order valence-electron chi connectivity index (χ3n) is 2.23. The van der Waals surface area contributed by atoms with Crippen molar-refractivity contribution in [1.82, 2.24) is 0 Å². The Morgan fingerprint density at radius 3 is 3.27 bits per heavy atom. The lowest BCUT2D eigenvalue weighted by Gasteiger charge is -2.09. The van der Waals surface area contributed by atoms with Crippen LogP contribution in [0.4, 0.5) is 10.5 Å². The first-order chi connectivity index (χ1) is 7.31. The molecule has 0 saturated heterocycles. The zero-order valence-electron chi connectivity index (χ0n) is 8.58. The van der Waals surface area contributed by atoms with Gasteiger partial charge in [-0.1, -0.05) is 12.1 Å². The summed E-state index contributed by atoms with van der Waals surface area (Å²) in [7, 11) is 0. The quantitative estimate of drug-likeness (QED) is 0.808. The zero-order chi connectivity index (χ0) is 10.7. The summed E-state index contributed by atoms with van der Waals surface area (Å²) < 4.78 is 10.2. The fraction of sp³-hybridized carbons (Fsp3) is 0.364. The molecule has 15 heavy (non-hydrogen) atoms. The fourth-order valence-electron chi connectivity index (χ4n) is 1.59. The fourth-order valence-corrected chi connectivity index (χ4v) is 1.59. The molecule has 0 atom stereocenters. The van der Waals surface area contributed by atoms with Gasteiger partial charge < -0.3 is 9.47 Å². The van der Waals surface area contributed by atoms with Crippen LogP contribution in [-0.2, 0) is 11.2 Å². The average molecular weight is 207 g/mol. The summed E-state index contributed by atoms with van der Waals surface area (Å²) in [5, 5.41) is 2.66. The number of amides is 1. The van der Waals surface area contributed by atoms with Gasteiger partial charge in [-0.15, -0.1) is 0 Å². The van der Waals surface area contributed by atoms with Gasteiger partial charge in [0.2, 0.25) is 0 Å². The second-order valence-electron chi connectivity index (χ2n) is 3.24. The molecular weight excluding hydrogens is 194 g/mol. The molecular formula is C11H13NO3. The van der Waals surface area contributed by atoms with Gasteiger partial charge in [-0.25, -0.2) is 4.79 Å². The Morgan fingerprint density at radius 2 is 2.47 bits per heavy atom. The normalized spacial score (nSPS) is 12.9. The third kappa shape index (κ3) is 2.03. The molecule has 1 aliphatic rings. The van der Waals surface area contributed by atoms with Crippen molar-refractivity contribution >= 4 is 11.8 Å². The lowest BCUT2D eigenvalue weighted by Crippen LogP contribution is -2.13. The van der Waals surface area contributed by atoms with Crippen molar-refractivity contribution in [1.29, 1.82) is 0 Å². The van der Waals surface area contributed by atoms with Gasteiger partial charge in [-0.3, -0.25) is 5.32 Å². The van der Waals surface area contributed by atoms with E-state index in [0.29, 0.717) is 18.9 Å². The molecule has 0 fully saturated rings. The standard InChI is InChI=1S/C11H13NO3/c1-2-14-11(13)12-9-5-3-4-8-6-7-15-10(8)9/h3-5H,2,6-7H2,1H3,(H,12,13). The van der Waals surface area contributed by atoms with Crippen molar-refractivity contribution in [2.75, 3.05) is 18.5 Å². The molecule has 0 aromatic heterocycles. The van der Waals surface area contributed by atoms with E-state index in [-0.39, 0.29) is 0 Å². The molecule has 0 aliphatic carbocycles. The topological polar surface area (TPSA) is 47.6 Å². The molecule has 1 aromatic carbocycles. The largest absolute Gasteiger partial charge is 0.491 e. The van der Waals surface area contributed by atoms with Gasteiger partial charge in [0.15, 0.2) is 0 Å². The molecule has 1 aliphatic heterocycles. The predicted octanol–water partition coefficient (Wildman–Crippen LogP) is 2.19. The highest BCUT2D eigenvalue weighted by atomic mass is 16.5. The number of hydrogen-bond acceptors (Lipinski definition) is 3. The molecule has 0 unspecified atom stereocenters. The molecule has 4 nitrogen and oxygen atoms in total. The van der Waals surface area contributed by atoms with Gasteiger partial charge in [0, 0.05) is 6.42 Å². The molecule has 0 spiro atoms. The number of nitrogens with one attached hydrogen (secondary N) is 1. The van der Waals surface area contributed by atoms with Crippen LogP contribution in [0.3, 0.4) is 0 Å². The maximum atomic E-state index is 11.2. The van der Waals surface area contributed by atoms with E-state index in [0.717, 1.165) is 17.7 Å². The SMILES string of the molecule is CCOC(=O)Nc1cccc2c1OCC2. The van der Waals surface area contributed by atoms with E-state index in [2.05, 4.69) is 5.32 Å². The van der Waals surface area contributed by atoms with Crippen molar-refractivity contribution in [3.8, 4) is 5.75 Å². The Bertz CT molecular complexity index is 376. The predicted molar refractivity (Wildman–Crippen MR) is 56.3 cm³/mol. The molecule has 1 heterocycles. The van der Waals surface area contributed by atoms with Crippen LogP contribution in [-0.4, -0.2) is 19.3 Å². The minimum absolute atomic E-state index is 0.363. The average Bonchev–Trinajstić information content (AvgIpc) is 2.67. The van der Waals surface area contributed by atoms with E-state index >= 15 is 0 Å². The molecule has 1 aromatic rings. The smallest absolute Gasteiger partial charge is 0.411 e. The summed E-state index contributed by atoms with van der Waals surface area (Å²) in [5.41, 5.74) is 1.81. The van der Waals surface area contributed by atoms with Gasteiger partial charge in [-0.05, 0) is 18.6 Å². The second-order valence-corrected chi connectivity index (χ2v) is 3.24. The first-order valence-corrected chi connectivity index (χ1v) is 4.99. The third-order valence-corrected chi connectivity index (χ3v) is 2.23. The van der Waals surface area contributed by atoms with Gasteiger partial charge in [0.1, 0.15) is 5.75 Å². The van der Waals surface area contributed by atoms with Crippen molar-refractivity contribution in [2.45, 2.75) is 13.3 Å². The van der Waals surface area contributed by atoms with E-state index in [1.165, 1.54) is 0 Å². The van der Waals surface area contributed by atoms with Gasteiger partial charge in [0.25, 0.3) is 0 Å². The maximum Gasteiger partial charge on any atom is 0.411 e. The van der Waals surface area contributed by atoms with E-state index in [9.17, 15) is 4.79 Å². The highest BCUT2D eigenvalue weighted by molar-refractivity contribution is 5.87. The summed E-state index contributed by atoms with van der Waals surface area (Å²) in [6, 6.07) is 5.70. The molecule has 1 N–H and O–H groups in total. The van der Waals surface area contributed by atoms with Crippen LogP contribution in [0, 0.1) is 0 Å². The number of para-hydroxylation sites is 1. The van der Waals surface area contributed by atoms with E-state index in [1.807, 2.05) is 12.1 Å². The molecule has 2 rings (SSSR count). The molecule has 0 radical (unpaired) electrons. The lowest BCUT2D eigenvalue weighted by molar-refractivity contribution is 0.168.